The number of nitrogens with zero attached hydrogens (tertiary/aromatic N) is 2. The first-order valence-electron chi connectivity index (χ1n) is 6.63. The summed E-state index contributed by atoms with van der Waals surface area (Å²) in [6, 6.07) is 10.8. The Hall–Kier alpha value is -1.85. The Morgan fingerprint density at radius 1 is 1.27 bits per heavy atom. The van der Waals surface area contributed by atoms with E-state index in [0.717, 1.165) is 10.0 Å². The monoisotopic (exact) mass is 378 g/mol. The van der Waals surface area contributed by atoms with Gasteiger partial charge in [-0.15, -0.1) is 0 Å². The van der Waals surface area contributed by atoms with Crippen LogP contribution in [0.25, 0.3) is 10.9 Å². The van der Waals surface area contributed by atoms with Gasteiger partial charge in [0.1, 0.15) is 0 Å². The molecule has 1 aromatic heterocycles. The minimum atomic E-state index is -0.994. The quantitative estimate of drug-likeness (QED) is 0.714. The fourth-order valence-electron chi connectivity index (χ4n) is 2.48. The van der Waals surface area contributed by atoms with Gasteiger partial charge in [0.05, 0.1) is 28.3 Å². The molecule has 0 amide bonds. The van der Waals surface area contributed by atoms with Gasteiger partial charge in [-0.25, -0.2) is 4.79 Å². The average Bonchev–Trinajstić information content (AvgIpc) is 2.93. The maximum atomic E-state index is 11.5. The molecule has 3 aromatic rings. The van der Waals surface area contributed by atoms with Crippen molar-refractivity contribution < 1.29 is 9.90 Å². The molecule has 4 nitrogen and oxygen atoms in total. The number of halogens is 2. The van der Waals surface area contributed by atoms with Gasteiger partial charge in [-0.2, -0.15) is 5.10 Å². The standard InChI is InChI=1S/C16H12BrClN2O2/c1-9(10-2-4-11(17)5-3-10)20-15-12(16(21)22)6-7-14(18)13(15)8-19-20/h2-9H,1H3,(H,21,22). The van der Waals surface area contributed by atoms with Crippen LogP contribution in [0, 0.1) is 0 Å². The van der Waals surface area contributed by atoms with E-state index in [1.165, 1.54) is 6.07 Å². The van der Waals surface area contributed by atoms with Crippen molar-refractivity contribution in [2.45, 2.75) is 13.0 Å². The Morgan fingerprint density at radius 2 is 1.95 bits per heavy atom. The van der Waals surface area contributed by atoms with Crippen LogP contribution in [-0.4, -0.2) is 20.9 Å². The van der Waals surface area contributed by atoms with E-state index in [1.807, 2.05) is 31.2 Å². The highest BCUT2D eigenvalue weighted by atomic mass is 79.9. The van der Waals surface area contributed by atoms with Gasteiger partial charge in [0.15, 0.2) is 0 Å². The molecular formula is C16H12BrClN2O2. The molecule has 0 aliphatic heterocycles. The SMILES string of the molecule is CC(c1ccc(Br)cc1)n1ncc2c(Cl)ccc(C(=O)O)c21. The van der Waals surface area contributed by atoms with Gasteiger partial charge in [-0.1, -0.05) is 39.7 Å². The minimum Gasteiger partial charge on any atom is -0.478 e. The molecule has 3 rings (SSSR count). The maximum absolute atomic E-state index is 11.5. The first-order valence-corrected chi connectivity index (χ1v) is 7.80. The lowest BCUT2D eigenvalue weighted by Gasteiger charge is -2.15. The molecule has 0 bridgehead atoms. The number of carboxylic acids is 1. The zero-order valence-corrected chi connectivity index (χ0v) is 14.0. The molecule has 0 fully saturated rings. The van der Waals surface area contributed by atoms with Gasteiger partial charge in [0.2, 0.25) is 0 Å². The van der Waals surface area contributed by atoms with E-state index < -0.39 is 5.97 Å². The number of aromatic carboxylic acids is 1. The van der Waals surface area contributed by atoms with Crippen molar-refractivity contribution in [2.24, 2.45) is 0 Å². The molecular weight excluding hydrogens is 368 g/mol. The Bertz CT molecular complexity index is 858. The van der Waals surface area contributed by atoms with E-state index in [9.17, 15) is 9.90 Å². The predicted octanol–water partition coefficient (Wildman–Crippen LogP) is 4.76. The normalized spacial score (nSPS) is 12.5. The predicted molar refractivity (Wildman–Crippen MR) is 89.7 cm³/mol. The zero-order valence-electron chi connectivity index (χ0n) is 11.6. The molecule has 0 spiro atoms. The zero-order chi connectivity index (χ0) is 15.9. The van der Waals surface area contributed by atoms with Crippen LogP contribution >= 0.6 is 27.5 Å². The minimum absolute atomic E-state index is 0.109. The highest BCUT2D eigenvalue weighted by Crippen LogP contribution is 2.30. The van der Waals surface area contributed by atoms with Crippen molar-refractivity contribution in [1.29, 1.82) is 0 Å². The number of benzene rings is 2. The lowest BCUT2D eigenvalue weighted by Crippen LogP contribution is -2.11. The first-order chi connectivity index (χ1) is 10.5. The summed E-state index contributed by atoms with van der Waals surface area (Å²) in [5, 5.41) is 14.9. The second-order valence-electron chi connectivity index (χ2n) is 4.98. The molecule has 1 N–H and O–H groups in total. The molecule has 0 saturated carbocycles. The number of fused-ring (bicyclic) bond motifs is 1. The summed E-state index contributed by atoms with van der Waals surface area (Å²) in [6.07, 6.45) is 1.61. The van der Waals surface area contributed by atoms with Crippen molar-refractivity contribution in [3.05, 3.63) is 63.2 Å². The van der Waals surface area contributed by atoms with Gasteiger partial charge in [-0.3, -0.25) is 4.68 Å². The van der Waals surface area contributed by atoms with Crippen LogP contribution < -0.4 is 0 Å². The lowest BCUT2D eigenvalue weighted by molar-refractivity contribution is 0.0698. The molecule has 0 saturated heterocycles. The third-order valence-electron chi connectivity index (χ3n) is 3.65. The second-order valence-corrected chi connectivity index (χ2v) is 6.30. The van der Waals surface area contributed by atoms with Crippen molar-refractivity contribution in [1.82, 2.24) is 9.78 Å². The number of hydrogen-bond donors (Lipinski definition) is 1. The van der Waals surface area contributed by atoms with E-state index in [4.69, 9.17) is 11.6 Å². The summed E-state index contributed by atoms with van der Waals surface area (Å²) < 4.78 is 2.69. The Kier molecular flexibility index (Phi) is 3.93. The fraction of sp³-hybridized carbons (Fsp3) is 0.125. The van der Waals surface area contributed by atoms with E-state index >= 15 is 0 Å². The number of hydrogen-bond acceptors (Lipinski definition) is 2. The summed E-state index contributed by atoms with van der Waals surface area (Å²) in [5.74, 6) is -0.994. The van der Waals surface area contributed by atoms with Crippen LogP contribution in [-0.2, 0) is 0 Å². The van der Waals surface area contributed by atoms with Crippen molar-refractivity contribution in [3.63, 3.8) is 0 Å². The molecule has 6 heteroatoms. The number of aromatic nitrogens is 2. The van der Waals surface area contributed by atoms with Gasteiger partial charge in [-0.05, 0) is 36.8 Å². The summed E-state index contributed by atoms with van der Waals surface area (Å²) in [5.41, 5.74) is 1.76. The van der Waals surface area contributed by atoms with Gasteiger partial charge >= 0.3 is 5.97 Å². The highest BCUT2D eigenvalue weighted by molar-refractivity contribution is 9.10. The molecule has 1 atom stereocenters. The Balaban J connectivity index is 2.20. The van der Waals surface area contributed by atoms with E-state index in [0.29, 0.717) is 15.9 Å². The van der Waals surface area contributed by atoms with E-state index in [-0.39, 0.29) is 11.6 Å². The average molecular weight is 380 g/mol. The van der Waals surface area contributed by atoms with Crippen molar-refractivity contribution >= 4 is 44.4 Å². The molecule has 2 aromatic carbocycles. The molecule has 1 unspecified atom stereocenters. The number of carboxylic acid groups (broad SMARTS) is 1. The number of carbonyl (C=O) groups is 1. The van der Waals surface area contributed by atoms with E-state index in [2.05, 4.69) is 21.0 Å². The maximum Gasteiger partial charge on any atom is 0.337 e. The van der Waals surface area contributed by atoms with Crippen LogP contribution in [0.1, 0.15) is 28.9 Å². The van der Waals surface area contributed by atoms with Crippen LogP contribution in [0.4, 0.5) is 0 Å². The molecule has 22 heavy (non-hydrogen) atoms. The third kappa shape index (κ3) is 2.51. The van der Waals surface area contributed by atoms with Crippen LogP contribution in [0.2, 0.25) is 5.02 Å². The first kappa shape index (κ1) is 15.1. The van der Waals surface area contributed by atoms with Gasteiger partial charge in [0, 0.05) is 9.86 Å². The largest absolute Gasteiger partial charge is 0.478 e. The highest BCUT2D eigenvalue weighted by Gasteiger charge is 2.19. The molecule has 0 aliphatic rings. The third-order valence-corrected chi connectivity index (χ3v) is 4.51. The smallest absolute Gasteiger partial charge is 0.337 e. The van der Waals surface area contributed by atoms with Crippen LogP contribution in [0.5, 0.6) is 0 Å². The molecule has 0 aliphatic carbocycles. The Morgan fingerprint density at radius 3 is 2.59 bits per heavy atom. The van der Waals surface area contributed by atoms with Crippen molar-refractivity contribution in [3.8, 4) is 0 Å². The van der Waals surface area contributed by atoms with Gasteiger partial charge < -0.3 is 5.11 Å². The second kappa shape index (κ2) is 5.74. The van der Waals surface area contributed by atoms with E-state index in [1.54, 1.807) is 16.9 Å². The number of rotatable bonds is 3. The summed E-state index contributed by atoms with van der Waals surface area (Å²) >= 11 is 9.57. The summed E-state index contributed by atoms with van der Waals surface area (Å²) in [7, 11) is 0. The van der Waals surface area contributed by atoms with Crippen LogP contribution in [0.3, 0.4) is 0 Å². The van der Waals surface area contributed by atoms with Gasteiger partial charge in [0.25, 0.3) is 0 Å². The summed E-state index contributed by atoms with van der Waals surface area (Å²) in [6.45, 7) is 1.97. The molecule has 112 valence electrons. The topological polar surface area (TPSA) is 55.1 Å². The van der Waals surface area contributed by atoms with Crippen molar-refractivity contribution in [2.75, 3.05) is 0 Å². The molecule has 0 radical (unpaired) electrons. The lowest BCUT2D eigenvalue weighted by atomic mass is 10.1. The fourth-order valence-corrected chi connectivity index (χ4v) is 2.95. The summed E-state index contributed by atoms with van der Waals surface area (Å²) in [4.78, 5) is 11.5. The molecule has 1 heterocycles. The van der Waals surface area contributed by atoms with Crippen LogP contribution in [0.15, 0.2) is 47.1 Å². The Labute approximate surface area is 140 Å².